The van der Waals surface area contributed by atoms with Gasteiger partial charge in [-0.1, -0.05) is 24.3 Å². The highest BCUT2D eigenvalue weighted by atomic mass is 32.2. The molecule has 71 heavy (non-hydrogen) atoms. The lowest BCUT2D eigenvalue weighted by Gasteiger charge is -2.28. The van der Waals surface area contributed by atoms with E-state index in [9.17, 15) is 66.0 Å². The Morgan fingerprint density at radius 3 is 1.13 bits per heavy atom. The van der Waals surface area contributed by atoms with Crippen molar-refractivity contribution in [2.45, 2.75) is 38.0 Å². The van der Waals surface area contributed by atoms with Crippen molar-refractivity contribution >= 4 is 79.5 Å². The lowest BCUT2D eigenvalue weighted by molar-refractivity contribution is -0.148. The molecule has 0 aliphatic rings. The quantitative estimate of drug-likeness (QED) is 0.0116. The van der Waals surface area contributed by atoms with Crippen molar-refractivity contribution < 1.29 is 80.2 Å². The summed E-state index contributed by atoms with van der Waals surface area (Å²) < 4.78 is 75.3. The number of hydrogen-bond donors (Lipinski definition) is 10. The molecule has 0 aliphatic carbocycles. The Morgan fingerprint density at radius 2 is 0.845 bits per heavy atom. The Labute approximate surface area is 404 Å². The number of rotatable bonds is 28. The van der Waals surface area contributed by atoms with E-state index in [1.54, 1.807) is 0 Å². The van der Waals surface area contributed by atoms with Crippen molar-refractivity contribution in [3.05, 3.63) is 119 Å². The number of carbonyl (C=O) groups excluding carboxylic acids is 2. The fourth-order valence-electron chi connectivity index (χ4n) is 6.09. The molecule has 0 aliphatic heterocycles. The third kappa shape index (κ3) is 17.8. The minimum Gasteiger partial charge on any atom is -0.481 e. The summed E-state index contributed by atoms with van der Waals surface area (Å²) in [5.41, 5.74) is 23.0. The summed E-state index contributed by atoms with van der Waals surface area (Å²) in [7, 11) is -9.72. The molecule has 14 N–H and O–H groups in total. The van der Waals surface area contributed by atoms with E-state index in [-0.39, 0.29) is 54.3 Å². The number of carboxylic acid groups (broad SMARTS) is 4. The molecule has 0 bridgehead atoms. The largest absolute Gasteiger partial charge is 0.481 e. The van der Waals surface area contributed by atoms with E-state index in [1.807, 2.05) is 0 Å². The Kier molecular flexibility index (Phi) is 20.0. The van der Waals surface area contributed by atoms with Crippen molar-refractivity contribution in [3.8, 4) is 11.5 Å². The first-order valence-electron chi connectivity index (χ1n) is 20.5. The van der Waals surface area contributed by atoms with E-state index in [1.165, 1.54) is 97.1 Å². The highest BCUT2D eigenvalue weighted by Crippen LogP contribution is 2.20. The fraction of sp³-hybridized carbons (Fsp3) is 0.238. The maximum atomic E-state index is 13.6. The molecule has 0 saturated heterocycles. The zero-order chi connectivity index (χ0) is 52.5. The van der Waals surface area contributed by atoms with Crippen molar-refractivity contribution in [3.63, 3.8) is 0 Å². The Hall–Kier alpha value is -8.06. The molecule has 4 rings (SSSR count). The van der Waals surface area contributed by atoms with E-state index < -0.39 is 121 Å². The lowest BCUT2D eigenvalue weighted by Crippen LogP contribution is -2.52. The van der Waals surface area contributed by atoms with Crippen molar-refractivity contribution in [2.24, 2.45) is 32.9 Å². The number of carboxylic acids is 4. The third-order valence-electron chi connectivity index (χ3n) is 9.44. The number of ether oxygens (including phenoxy) is 3. The number of hydrogen-bond acceptors (Lipinski definition) is 15. The molecule has 29 heteroatoms. The first-order chi connectivity index (χ1) is 33.4. The standard InChI is InChI=1S/C42H48N10O17S2/c43-41(44)49-29-9-5-27(6-10-29)39(61)68-31-13-1-25(2-14-31)23-47-70(63,64)51(33(37(57)58)21-35(53)54)17-19-67-20-18-52(34(38(59)60)22-36(55)56)71(65,66)48-24-26-3-15-32(16-4-26)69-40(62)28-7-11-30(12-8-28)50-42(45)46/h1-16,33-34,47-48H,17-24H2,(H,53,54)(H,55,56)(H,57,58)(H,59,60)(H4,43,44,49)(H4,45,46,50). The van der Waals surface area contributed by atoms with Gasteiger partial charge in [0.1, 0.15) is 23.6 Å². The predicted molar refractivity (Wildman–Crippen MR) is 250 cm³/mol. The first kappa shape index (κ1) is 55.5. The minimum absolute atomic E-state index is 0.0686. The maximum absolute atomic E-state index is 13.6. The molecule has 4 aromatic rings. The molecule has 380 valence electrons. The normalized spacial score (nSPS) is 12.3. The number of guanidine groups is 2. The van der Waals surface area contributed by atoms with Gasteiger partial charge in [0.2, 0.25) is 0 Å². The minimum atomic E-state index is -4.86. The molecule has 0 amide bonds. The van der Waals surface area contributed by atoms with E-state index in [4.69, 9.17) is 37.1 Å². The molecule has 0 spiro atoms. The molecule has 0 aromatic heterocycles. The predicted octanol–water partition coefficient (Wildman–Crippen LogP) is -0.220. The van der Waals surface area contributed by atoms with Gasteiger partial charge in [0.05, 0.1) is 48.6 Å². The van der Waals surface area contributed by atoms with Crippen LogP contribution >= 0.6 is 0 Å². The van der Waals surface area contributed by atoms with Crippen molar-refractivity contribution in [1.82, 2.24) is 18.1 Å². The maximum Gasteiger partial charge on any atom is 0.343 e. The second-order valence-electron chi connectivity index (χ2n) is 14.6. The van der Waals surface area contributed by atoms with Crippen LogP contribution in [0, 0.1) is 0 Å². The molecule has 0 radical (unpaired) electrons. The summed E-state index contributed by atoms with van der Waals surface area (Å²) in [6.07, 6.45) is -2.41. The van der Waals surface area contributed by atoms with Gasteiger partial charge in [0, 0.05) is 26.2 Å². The summed E-state index contributed by atoms with van der Waals surface area (Å²) in [5, 5.41) is 38.6. The fourth-order valence-corrected chi connectivity index (χ4v) is 8.75. The van der Waals surface area contributed by atoms with Crippen LogP contribution in [0.25, 0.3) is 0 Å². The molecular formula is C42H48N10O17S2. The molecular weight excluding hydrogens is 981 g/mol. The van der Waals surface area contributed by atoms with Crippen LogP contribution in [0.4, 0.5) is 11.4 Å². The van der Waals surface area contributed by atoms with Crippen LogP contribution < -0.4 is 41.9 Å². The van der Waals surface area contributed by atoms with Crippen LogP contribution in [0.2, 0.25) is 0 Å². The molecule has 0 saturated carbocycles. The highest BCUT2D eigenvalue weighted by Gasteiger charge is 2.38. The van der Waals surface area contributed by atoms with E-state index in [0.717, 1.165) is 0 Å². The lowest BCUT2D eigenvalue weighted by atomic mass is 10.2. The van der Waals surface area contributed by atoms with Gasteiger partial charge in [-0.05, 0) is 83.9 Å². The number of nitrogens with zero attached hydrogens (tertiary/aromatic N) is 4. The van der Waals surface area contributed by atoms with E-state index in [2.05, 4.69) is 19.4 Å². The number of nitrogens with one attached hydrogen (secondary N) is 2. The van der Waals surface area contributed by atoms with Crippen LogP contribution in [0.1, 0.15) is 44.7 Å². The number of aliphatic carboxylic acids is 4. The average molecular weight is 1030 g/mol. The van der Waals surface area contributed by atoms with Gasteiger partial charge in [-0.2, -0.15) is 34.9 Å². The van der Waals surface area contributed by atoms with Gasteiger partial charge in [0.15, 0.2) is 11.9 Å². The molecule has 27 nitrogen and oxygen atoms in total. The van der Waals surface area contributed by atoms with E-state index >= 15 is 0 Å². The van der Waals surface area contributed by atoms with Crippen LogP contribution in [0.5, 0.6) is 11.5 Å². The number of carbonyl (C=O) groups is 6. The van der Waals surface area contributed by atoms with Crippen molar-refractivity contribution in [1.29, 1.82) is 0 Å². The SMILES string of the molecule is NC(N)=Nc1ccc(C(=O)Oc2ccc(CNS(=O)(=O)N(CCOCCN(C(CC(=O)O)C(=O)O)S(=O)(=O)NCc3ccc(OC(=O)c4ccc(N=C(N)N)cc4)cc3)C(CC(=O)O)C(=O)O)cc2)cc1. The van der Waals surface area contributed by atoms with E-state index in [0.29, 0.717) is 11.4 Å². The average Bonchev–Trinajstić information content (AvgIpc) is 3.29. The number of esters is 2. The summed E-state index contributed by atoms with van der Waals surface area (Å²) in [6, 6.07) is 18.1. The summed E-state index contributed by atoms with van der Waals surface area (Å²) in [4.78, 5) is 80.6. The van der Waals surface area contributed by atoms with Gasteiger partial charge in [-0.25, -0.2) is 19.6 Å². The second kappa shape index (κ2) is 25.5. The van der Waals surface area contributed by atoms with Gasteiger partial charge in [0.25, 0.3) is 20.4 Å². The van der Waals surface area contributed by atoms with Crippen LogP contribution in [-0.4, -0.2) is 132 Å². The molecule has 2 atom stereocenters. The summed E-state index contributed by atoms with van der Waals surface area (Å²) in [6.45, 7) is -4.04. The molecule has 0 fully saturated rings. The monoisotopic (exact) mass is 1030 g/mol. The third-order valence-corrected chi connectivity index (χ3v) is 12.6. The zero-order valence-corrected chi connectivity index (χ0v) is 38.7. The van der Waals surface area contributed by atoms with Crippen LogP contribution in [0.15, 0.2) is 107 Å². The van der Waals surface area contributed by atoms with Crippen LogP contribution in [-0.2, 0) is 57.4 Å². The smallest absolute Gasteiger partial charge is 0.343 e. The van der Waals surface area contributed by atoms with Crippen molar-refractivity contribution in [2.75, 3.05) is 26.3 Å². The molecule has 2 unspecified atom stereocenters. The van der Waals surface area contributed by atoms with Gasteiger partial charge in [-0.15, -0.1) is 0 Å². The zero-order valence-electron chi connectivity index (χ0n) is 37.1. The Morgan fingerprint density at radius 1 is 0.521 bits per heavy atom. The first-order valence-corrected chi connectivity index (χ1v) is 23.3. The number of aliphatic imine (C=N–C) groups is 2. The summed E-state index contributed by atoms with van der Waals surface area (Å²) >= 11 is 0. The summed E-state index contributed by atoms with van der Waals surface area (Å²) in [5.74, 6) is -8.77. The topological polar surface area (TPSA) is 439 Å². The second-order valence-corrected chi connectivity index (χ2v) is 18.0. The Balaban J connectivity index is 1.40. The number of benzene rings is 4. The Bertz CT molecular complexity index is 2630. The molecule has 4 aromatic carbocycles. The highest BCUT2D eigenvalue weighted by molar-refractivity contribution is 7.87. The van der Waals surface area contributed by atoms with Gasteiger partial charge < -0.3 is 57.6 Å². The molecule has 0 heterocycles. The van der Waals surface area contributed by atoms with Crippen LogP contribution in [0.3, 0.4) is 0 Å². The van der Waals surface area contributed by atoms with Gasteiger partial charge in [-0.3, -0.25) is 19.2 Å². The van der Waals surface area contributed by atoms with Gasteiger partial charge >= 0.3 is 35.8 Å². The number of nitrogens with two attached hydrogens (primary N) is 4.